The van der Waals surface area contributed by atoms with Crippen molar-refractivity contribution in [3.05, 3.63) is 68.3 Å². The largest absolute Gasteiger partial charge is 0.434 e. The fraction of sp³-hybridized carbons (Fsp3) is 0.158. The lowest BCUT2D eigenvalue weighted by atomic mass is 10.1. The Labute approximate surface area is 172 Å². The molecular formula is C19H16F2N4O4S. The Morgan fingerprint density at radius 3 is 2.73 bits per heavy atom. The van der Waals surface area contributed by atoms with Gasteiger partial charge in [-0.15, -0.1) is 11.3 Å². The normalized spacial score (nSPS) is 11.2. The molecule has 8 nitrogen and oxygen atoms in total. The number of rotatable bonds is 6. The summed E-state index contributed by atoms with van der Waals surface area (Å²) < 4.78 is 31.8. The molecule has 0 unspecified atom stereocenters. The summed E-state index contributed by atoms with van der Waals surface area (Å²) in [6.45, 7) is -2.97. The third-order valence-corrected chi connectivity index (χ3v) is 4.76. The first-order valence-electron chi connectivity index (χ1n) is 8.51. The van der Waals surface area contributed by atoms with Gasteiger partial charge in [0.1, 0.15) is 5.75 Å². The van der Waals surface area contributed by atoms with Gasteiger partial charge in [0.2, 0.25) is 5.91 Å². The molecule has 0 saturated carbocycles. The van der Waals surface area contributed by atoms with E-state index in [0.29, 0.717) is 11.3 Å². The summed E-state index contributed by atoms with van der Waals surface area (Å²) in [5.41, 5.74) is -0.128. The first-order chi connectivity index (χ1) is 14.3. The number of carbonyl (C=O) groups excluding carboxylic acids is 1. The van der Waals surface area contributed by atoms with Gasteiger partial charge in [-0.05, 0) is 18.2 Å². The Balaban J connectivity index is 1.76. The fourth-order valence-corrected chi connectivity index (χ4v) is 3.31. The third kappa shape index (κ3) is 4.69. The van der Waals surface area contributed by atoms with Crippen molar-refractivity contribution < 1.29 is 18.3 Å². The Kier molecular flexibility index (Phi) is 6.21. The highest BCUT2D eigenvalue weighted by Gasteiger charge is 2.14. The number of alkyl halides is 2. The number of thiazole rings is 1. The maximum absolute atomic E-state index is 12.6. The molecule has 0 aliphatic carbocycles. The average molecular weight is 434 g/mol. The van der Waals surface area contributed by atoms with Crippen LogP contribution >= 0.6 is 11.3 Å². The van der Waals surface area contributed by atoms with Crippen LogP contribution in [0.1, 0.15) is 5.56 Å². The zero-order valence-corrected chi connectivity index (χ0v) is 16.7. The van der Waals surface area contributed by atoms with Crippen LogP contribution in [0.25, 0.3) is 17.3 Å². The SMILES string of the molecule is Cn1cc(/C=C/C(=O)Nc2nc(-c3ccccc3OC(F)F)cs2)c(=O)n(C)c1=O. The van der Waals surface area contributed by atoms with Crippen LogP contribution in [-0.4, -0.2) is 26.6 Å². The number of amides is 1. The van der Waals surface area contributed by atoms with Crippen LogP contribution in [0.3, 0.4) is 0 Å². The second kappa shape index (κ2) is 8.82. The molecular weight excluding hydrogens is 418 g/mol. The number of aromatic nitrogens is 3. The molecule has 1 aromatic carbocycles. The van der Waals surface area contributed by atoms with Crippen LogP contribution in [-0.2, 0) is 18.9 Å². The highest BCUT2D eigenvalue weighted by molar-refractivity contribution is 7.14. The number of aryl methyl sites for hydroxylation is 1. The monoisotopic (exact) mass is 434 g/mol. The number of hydrogen-bond donors (Lipinski definition) is 1. The number of hydrogen-bond acceptors (Lipinski definition) is 6. The van der Waals surface area contributed by atoms with Gasteiger partial charge < -0.3 is 9.30 Å². The summed E-state index contributed by atoms with van der Waals surface area (Å²) in [5, 5.41) is 4.37. The first kappa shape index (κ1) is 21.1. The molecule has 2 heterocycles. The van der Waals surface area contributed by atoms with Crippen LogP contribution in [0.15, 0.2) is 51.5 Å². The molecule has 0 aliphatic rings. The quantitative estimate of drug-likeness (QED) is 0.602. The van der Waals surface area contributed by atoms with Gasteiger partial charge in [0.15, 0.2) is 5.13 Å². The van der Waals surface area contributed by atoms with E-state index in [-0.39, 0.29) is 16.4 Å². The molecule has 0 spiro atoms. The minimum atomic E-state index is -2.97. The van der Waals surface area contributed by atoms with Crippen LogP contribution < -0.4 is 21.3 Å². The second-order valence-electron chi connectivity index (χ2n) is 6.08. The number of nitrogens with zero attached hydrogens (tertiary/aromatic N) is 3. The molecule has 1 amide bonds. The molecule has 1 N–H and O–H groups in total. The molecule has 0 atom stereocenters. The van der Waals surface area contributed by atoms with Crippen molar-refractivity contribution in [1.82, 2.24) is 14.1 Å². The summed E-state index contributed by atoms with van der Waals surface area (Å²) in [7, 11) is 2.83. The van der Waals surface area contributed by atoms with E-state index in [1.54, 1.807) is 23.6 Å². The van der Waals surface area contributed by atoms with E-state index in [2.05, 4.69) is 15.0 Å². The predicted molar refractivity (Wildman–Crippen MR) is 109 cm³/mol. The molecule has 156 valence electrons. The van der Waals surface area contributed by atoms with Gasteiger partial charge in [-0.2, -0.15) is 8.78 Å². The molecule has 2 aromatic heterocycles. The number of benzene rings is 1. The highest BCUT2D eigenvalue weighted by atomic mass is 32.1. The lowest BCUT2D eigenvalue weighted by molar-refractivity contribution is -0.111. The van der Waals surface area contributed by atoms with Gasteiger partial charge in [0, 0.05) is 37.3 Å². The smallest absolute Gasteiger partial charge is 0.387 e. The van der Waals surface area contributed by atoms with E-state index in [4.69, 9.17) is 0 Å². The first-order valence-corrected chi connectivity index (χ1v) is 9.39. The molecule has 0 aliphatic heterocycles. The topological polar surface area (TPSA) is 95.2 Å². The zero-order valence-electron chi connectivity index (χ0n) is 15.8. The summed E-state index contributed by atoms with van der Waals surface area (Å²) in [6.07, 6.45) is 3.75. The lowest BCUT2D eigenvalue weighted by Gasteiger charge is -2.08. The van der Waals surface area contributed by atoms with Crippen molar-refractivity contribution in [3.63, 3.8) is 0 Å². The van der Waals surface area contributed by atoms with Crippen molar-refractivity contribution in [2.45, 2.75) is 6.61 Å². The van der Waals surface area contributed by atoms with Crippen LogP contribution in [0, 0.1) is 0 Å². The Hall–Kier alpha value is -3.60. The van der Waals surface area contributed by atoms with Crippen molar-refractivity contribution in [2.75, 3.05) is 5.32 Å². The molecule has 30 heavy (non-hydrogen) atoms. The molecule has 0 bridgehead atoms. The number of carbonyl (C=O) groups is 1. The Morgan fingerprint density at radius 1 is 1.27 bits per heavy atom. The number of nitrogens with one attached hydrogen (secondary N) is 1. The standard InChI is InChI=1S/C19H16F2N4O4S/c1-24-9-11(16(27)25(2)19(24)28)7-8-15(26)23-18-22-13(10-30-18)12-5-3-4-6-14(12)29-17(20)21/h3-10,17H,1-2H3,(H,22,23,26)/b8-7+. The van der Waals surface area contributed by atoms with Crippen LogP contribution in [0.4, 0.5) is 13.9 Å². The maximum Gasteiger partial charge on any atom is 0.387 e. The summed E-state index contributed by atoms with van der Waals surface area (Å²) in [6, 6.07) is 6.19. The summed E-state index contributed by atoms with van der Waals surface area (Å²) >= 11 is 1.10. The molecule has 11 heteroatoms. The van der Waals surface area contributed by atoms with E-state index in [0.717, 1.165) is 22.0 Å². The number of anilines is 1. The van der Waals surface area contributed by atoms with Crippen molar-refractivity contribution in [3.8, 4) is 17.0 Å². The molecule has 0 radical (unpaired) electrons. The zero-order chi connectivity index (χ0) is 21.8. The molecule has 3 aromatic rings. The van der Waals surface area contributed by atoms with Crippen molar-refractivity contribution in [2.24, 2.45) is 14.1 Å². The van der Waals surface area contributed by atoms with E-state index < -0.39 is 23.8 Å². The van der Waals surface area contributed by atoms with E-state index in [1.165, 1.54) is 37.0 Å². The van der Waals surface area contributed by atoms with Crippen molar-refractivity contribution in [1.29, 1.82) is 0 Å². The minimum Gasteiger partial charge on any atom is -0.434 e. The van der Waals surface area contributed by atoms with Crippen LogP contribution in [0.2, 0.25) is 0 Å². The second-order valence-corrected chi connectivity index (χ2v) is 6.94. The highest BCUT2D eigenvalue weighted by Crippen LogP contribution is 2.32. The molecule has 0 fully saturated rings. The lowest BCUT2D eigenvalue weighted by Crippen LogP contribution is -2.37. The van der Waals surface area contributed by atoms with Crippen molar-refractivity contribution >= 4 is 28.5 Å². The van der Waals surface area contributed by atoms with Gasteiger partial charge in [0.05, 0.1) is 11.3 Å². The maximum atomic E-state index is 12.6. The van der Waals surface area contributed by atoms with Gasteiger partial charge in [-0.25, -0.2) is 9.78 Å². The predicted octanol–water partition coefficient (Wildman–Crippen LogP) is 2.46. The Morgan fingerprint density at radius 2 is 2.00 bits per heavy atom. The molecule has 0 saturated heterocycles. The van der Waals surface area contributed by atoms with Crippen LogP contribution in [0.5, 0.6) is 5.75 Å². The number of ether oxygens (including phenoxy) is 1. The average Bonchev–Trinajstić information content (AvgIpc) is 3.16. The third-order valence-electron chi connectivity index (χ3n) is 4.00. The van der Waals surface area contributed by atoms with E-state index in [1.807, 2.05) is 0 Å². The number of para-hydroxylation sites is 1. The van der Waals surface area contributed by atoms with E-state index in [9.17, 15) is 23.2 Å². The summed E-state index contributed by atoms with van der Waals surface area (Å²) in [5.74, 6) is -0.579. The number of halogens is 2. The minimum absolute atomic E-state index is 0.0268. The fourth-order valence-electron chi connectivity index (χ4n) is 2.59. The van der Waals surface area contributed by atoms with Gasteiger partial charge in [0.25, 0.3) is 5.56 Å². The van der Waals surface area contributed by atoms with Gasteiger partial charge >= 0.3 is 12.3 Å². The summed E-state index contributed by atoms with van der Waals surface area (Å²) in [4.78, 5) is 40.1. The molecule has 3 rings (SSSR count). The Bertz CT molecular complexity index is 1230. The van der Waals surface area contributed by atoms with Gasteiger partial charge in [-0.3, -0.25) is 19.5 Å². The van der Waals surface area contributed by atoms with E-state index >= 15 is 0 Å². The van der Waals surface area contributed by atoms with Gasteiger partial charge in [-0.1, -0.05) is 12.1 Å².